The maximum Gasteiger partial charge on any atom is 0.354 e. The molecule has 3 amide bonds. The van der Waals surface area contributed by atoms with Gasteiger partial charge in [-0.15, -0.1) is 0 Å². The van der Waals surface area contributed by atoms with Gasteiger partial charge in [0.25, 0.3) is 0 Å². The van der Waals surface area contributed by atoms with E-state index in [4.69, 9.17) is 11.5 Å². The number of carbonyl (C=O) groups excluding carboxylic acids is 2. The van der Waals surface area contributed by atoms with Crippen LogP contribution in [-0.2, 0) is 11.3 Å². The molecule has 172 valence electrons. The Balaban J connectivity index is 1.67. The van der Waals surface area contributed by atoms with Crippen LogP contribution >= 0.6 is 0 Å². The van der Waals surface area contributed by atoms with E-state index < -0.39 is 28.9 Å². The second-order valence-electron chi connectivity index (χ2n) is 7.99. The summed E-state index contributed by atoms with van der Waals surface area (Å²) in [6, 6.07) is 2.81. The molecule has 32 heavy (non-hydrogen) atoms. The van der Waals surface area contributed by atoms with Crippen LogP contribution in [0, 0.1) is 11.6 Å². The molecule has 0 saturated carbocycles. The molecular weight excluding hydrogens is 424 g/mol. The number of anilines is 1. The Bertz CT molecular complexity index is 1070. The van der Waals surface area contributed by atoms with Gasteiger partial charge in [-0.25, -0.2) is 18.4 Å². The zero-order chi connectivity index (χ0) is 23.6. The number of benzene rings is 1. The molecule has 0 atom stereocenters. The van der Waals surface area contributed by atoms with Crippen molar-refractivity contribution in [1.29, 1.82) is 0 Å². The molecule has 0 aliphatic carbocycles. The topological polar surface area (TPSA) is 140 Å². The zero-order valence-corrected chi connectivity index (χ0v) is 17.8. The van der Waals surface area contributed by atoms with Crippen LogP contribution in [0.2, 0.25) is 0 Å². The Morgan fingerprint density at radius 1 is 1.12 bits per heavy atom. The highest BCUT2D eigenvalue weighted by molar-refractivity contribution is 5.89. The molecule has 3 rings (SSSR count). The standard InChI is InChI=1S/C20H25F2N7O3/c1-20(2,24)17(30)27-5-7-28(8-6-27)18(31)25-16-3-4-29(19(32)26-16)12-9-14(21)13(11-23)15(22)10-12/h3-4,9-10H,5-8,11,23-24H2,1-2H3,(H,25,26,31,32). The molecule has 12 heteroatoms. The van der Waals surface area contributed by atoms with Crippen molar-refractivity contribution in [2.24, 2.45) is 11.5 Å². The minimum atomic E-state index is -0.991. The van der Waals surface area contributed by atoms with Gasteiger partial charge in [0, 0.05) is 44.5 Å². The number of carbonyl (C=O) groups is 2. The van der Waals surface area contributed by atoms with Crippen LogP contribution in [0.5, 0.6) is 0 Å². The molecular formula is C20H25F2N7O3. The van der Waals surface area contributed by atoms with Gasteiger partial charge in [-0.2, -0.15) is 4.98 Å². The molecule has 0 bridgehead atoms. The number of hydrogen-bond acceptors (Lipinski definition) is 6. The fourth-order valence-electron chi connectivity index (χ4n) is 3.30. The fourth-order valence-corrected chi connectivity index (χ4v) is 3.30. The van der Waals surface area contributed by atoms with Gasteiger partial charge in [-0.05, 0) is 32.0 Å². The monoisotopic (exact) mass is 449 g/mol. The minimum absolute atomic E-state index is 0.0163. The van der Waals surface area contributed by atoms with Crippen LogP contribution in [0.3, 0.4) is 0 Å². The molecule has 1 aromatic carbocycles. The van der Waals surface area contributed by atoms with E-state index in [1.807, 2.05) is 0 Å². The maximum absolute atomic E-state index is 14.0. The molecule has 1 fully saturated rings. The third-order valence-corrected chi connectivity index (χ3v) is 5.05. The van der Waals surface area contributed by atoms with Gasteiger partial charge in [0.2, 0.25) is 5.91 Å². The number of rotatable bonds is 4. The highest BCUT2D eigenvalue weighted by Gasteiger charge is 2.31. The third-order valence-electron chi connectivity index (χ3n) is 5.05. The fraction of sp³-hybridized carbons (Fsp3) is 0.400. The molecule has 0 spiro atoms. The Kier molecular flexibility index (Phi) is 6.55. The molecule has 5 N–H and O–H groups in total. The first kappa shape index (κ1) is 23.3. The maximum atomic E-state index is 14.0. The predicted molar refractivity (Wildman–Crippen MR) is 113 cm³/mol. The molecule has 0 radical (unpaired) electrons. The lowest BCUT2D eigenvalue weighted by Crippen LogP contribution is -2.58. The first-order valence-electron chi connectivity index (χ1n) is 9.93. The lowest BCUT2D eigenvalue weighted by atomic mass is 10.1. The number of nitrogens with one attached hydrogen (secondary N) is 1. The highest BCUT2D eigenvalue weighted by atomic mass is 19.1. The summed E-state index contributed by atoms with van der Waals surface area (Å²) in [5.41, 5.74) is 8.98. The first-order chi connectivity index (χ1) is 15.0. The van der Waals surface area contributed by atoms with E-state index in [0.717, 1.165) is 16.7 Å². The second kappa shape index (κ2) is 9.01. The smallest absolute Gasteiger partial charge is 0.338 e. The van der Waals surface area contributed by atoms with Gasteiger partial charge >= 0.3 is 11.7 Å². The van der Waals surface area contributed by atoms with Crippen molar-refractivity contribution in [3.63, 3.8) is 0 Å². The normalized spacial score (nSPS) is 14.4. The highest BCUT2D eigenvalue weighted by Crippen LogP contribution is 2.17. The lowest BCUT2D eigenvalue weighted by molar-refractivity contribution is -0.137. The van der Waals surface area contributed by atoms with Crippen molar-refractivity contribution < 1.29 is 18.4 Å². The summed E-state index contributed by atoms with van der Waals surface area (Å²) in [5.74, 6) is -1.96. The van der Waals surface area contributed by atoms with E-state index in [9.17, 15) is 23.2 Å². The number of urea groups is 1. The lowest BCUT2D eigenvalue weighted by Gasteiger charge is -2.37. The zero-order valence-electron chi connectivity index (χ0n) is 17.8. The second-order valence-corrected chi connectivity index (χ2v) is 7.99. The first-order valence-corrected chi connectivity index (χ1v) is 9.93. The van der Waals surface area contributed by atoms with E-state index in [0.29, 0.717) is 13.1 Å². The Morgan fingerprint density at radius 2 is 1.69 bits per heavy atom. The molecule has 2 heterocycles. The van der Waals surface area contributed by atoms with Gasteiger partial charge in [-0.1, -0.05) is 0 Å². The number of halogens is 2. The van der Waals surface area contributed by atoms with Crippen LogP contribution in [0.25, 0.3) is 5.69 Å². The number of amides is 3. The Morgan fingerprint density at radius 3 is 2.19 bits per heavy atom. The molecule has 1 aromatic heterocycles. The van der Waals surface area contributed by atoms with E-state index >= 15 is 0 Å². The quantitative estimate of drug-likeness (QED) is 0.617. The van der Waals surface area contributed by atoms with Crippen LogP contribution < -0.4 is 22.5 Å². The largest absolute Gasteiger partial charge is 0.354 e. The molecule has 1 aliphatic heterocycles. The average Bonchev–Trinajstić information content (AvgIpc) is 2.72. The van der Waals surface area contributed by atoms with Crippen LogP contribution in [0.15, 0.2) is 29.2 Å². The summed E-state index contributed by atoms with van der Waals surface area (Å²) in [5, 5.41) is 2.52. The van der Waals surface area contributed by atoms with E-state index in [-0.39, 0.29) is 42.6 Å². The number of hydrogen-bond donors (Lipinski definition) is 3. The molecule has 0 unspecified atom stereocenters. The van der Waals surface area contributed by atoms with Crippen molar-refractivity contribution in [1.82, 2.24) is 19.4 Å². The van der Waals surface area contributed by atoms with E-state index in [1.54, 1.807) is 18.7 Å². The van der Waals surface area contributed by atoms with Crippen molar-refractivity contribution in [3.05, 3.63) is 52.1 Å². The van der Waals surface area contributed by atoms with Crippen molar-refractivity contribution in [3.8, 4) is 5.69 Å². The number of nitrogens with two attached hydrogens (primary N) is 2. The van der Waals surface area contributed by atoms with Crippen LogP contribution in [0.1, 0.15) is 19.4 Å². The summed E-state index contributed by atoms with van der Waals surface area (Å²) in [7, 11) is 0. The summed E-state index contributed by atoms with van der Waals surface area (Å²) in [6.45, 7) is 4.17. The summed E-state index contributed by atoms with van der Waals surface area (Å²) >= 11 is 0. The van der Waals surface area contributed by atoms with E-state index in [2.05, 4.69) is 10.3 Å². The molecule has 1 saturated heterocycles. The molecule has 10 nitrogen and oxygen atoms in total. The van der Waals surface area contributed by atoms with Gasteiger partial charge in [-0.3, -0.25) is 14.7 Å². The average molecular weight is 449 g/mol. The van der Waals surface area contributed by atoms with Gasteiger partial charge in [0.1, 0.15) is 17.5 Å². The van der Waals surface area contributed by atoms with Crippen molar-refractivity contribution in [2.75, 3.05) is 31.5 Å². The number of nitrogens with zero attached hydrogens (tertiary/aromatic N) is 4. The minimum Gasteiger partial charge on any atom is -0.338 e. The van der Waals surface area contributed by atoms with Crippen LogP contribution in [-0.4, -0.2) is 63.0 Å². The summed E-state index contributed by atoms with van der Waals surface area (Å²) in [4.78, 5) is 43.9. The van der Waals surface area contributed by atoms with Crippen molar-refractivity contribution in [2.45, 2.75) is 25.9 Å². The summed E-state index contributed by atoms with van der Waals surface area (Å²) in [6.07, 6.45) is 1.25. The summed E-state index contributed by atoms with van der Waals surface area (Å²) < 4.78 is 28.9. The number of aromatic nitrogens is 2. The predicted octanol–water partition coefficient (Wildman–Crippen LogP) is 0.383. The van der Waals surface area contributed by atoms with Crippen molar-refractivity contribution >= 4 is 17.8 Å². The Hall–Kier alpha value is -3.38. The van der Waals surface area contributed by atoms with Gasteiger partial charge < -0.3 is 21.3 Å². The number of piperazine rings is 1. The Labute approximate surface area is 182 Å². The molecule has 2 aromatic rings. The third kappa shape index (κ3) is 4.92. The van der Waals surface area contributed by atoms with Gasteiger partial charge in [0.15, 0.2) is 0 Å². The van der Waals surface area contributed by atoms with Crippen LogP contribution in [0.4, 0.5) is 19.4 Å². The molecule has 1 aliphatic rings. The van der Waals surface area contributed by atoms with E-state index in [1.165, 1.54) is 17.2 Å². The van der Waals surface area contributed by atoms with Gasteiger partial charge in [0.05, 0.1) is 11.2 Å². The SMILES string of the molecule is CC(C)(N)C(=O)N1CCN(C(=O)Nc2ccn(-c3cc(F)c(CN)c(F)c3)c(=O)n2)CC1.